The average molecular weight is 325 g/mol. The van der Waals surface area contributed by atoms with Crippen LogP contribution in [0.1, 0.15) is 18.3 Å². The number of fused-ring (bicyclic) bond motifs is 1. The molecule has 1 heterocycles. The maximum atomic E-state index is 13.3. The fraction of sp³-hybridized carbons (Fsp3) is 0.167. The quantitative estimate of drug-likeness (QED) is 0.801. The Hall–Kier alpha value is -3.02. The summed E-state index contributed by atoms with van der Waals surface area (Å²) in [6.07, 6.45) is 0.575. The van der Waals surface area contributed by atoms with Gasteiger partial charge in [-0.3, -0.25) is 15.0 Å². The molecule has 0 aliphatic carbocycles. The Morgan fingerprint density at radius 1 is 1.21 bits per heavy atom. The highest BCUT2D eigenvalue weighted by atomic mass is 19.1. The second-order valence-corrected chi connectivity index (χ2v) is 5.38. The molecule has 0 fully saturated rings. The third-order valence-electron chi connectivity index (χ3n) is 3.66. The number of nitrogens with zero attached hydrogens (tertiary/aromatic N) is 2. The van der Waals surface area contributed by atoms with Crippen LogP contribution in [0.15, 0.2) is 53.3 Å². The van der Waals surface area contributed by atoms with Crippen molar-refractivity contribution in [2.24, 2.45) is 0 Å². The molecule has 0 aliphatic heterocycles. The van der Waals surface area contributed by atoms with Crippen molar-refractivity contribution >= 4 is 16.8 Å². The lowest BCUT2D eigenvalue weighted by Gasteiger charge is -2.13. The SMILES string of the molecule is CCc1nc2cc(F)ccc2c(=O)n1NC(=O)Cc1ccccc1. The summed E-state index contributed by atoms with van der Waals surface area (Å²) in [4.78, 5) is 29.1. The first kappa shape index (κ1) is 15.9. The summed E-state index contributed by atoms with van der Waals surface area (Å²) in [5.74, 6) is -0.400. The van der Waals surface area contributed by atoms with E-state index in [1.807, 2.05) is 37.3 Å². The molecule has 2 aromatic carbocycles. The first-order chi connectivity index (χ1) is 11.6. The number of halogens is 1. The molecule has 24 heavy (non-hydrogen) atoms. The Balaban J connectivity index is 1.96. The van der Waals surface area contributed by atoms with Crippen molar-refractivity contribution < 1.29 is 9.18 Å². The van der Waals surface area contributed by atoms with Gasteiger partial charge in [-0.1, -0.05) is 37.3 Å². The number of carbonyl (C=O) groups excluding carboxylic acids is 1. The maximum Gasteiger partial charge on any atom is 0.280 e. The van der Waals surface area contributed by atoms with Crippen LogP contribution in [0.5, 0.6) is 0 Å². The highest BCUT2D eigenvalue weighted by Crippen LogP contribution is 2.10. The fourth-order valence-corrected chi connectivity index (χ4v) is 2.50. The van der Waals surface area contributed by atoms with Crippen LogP contribution in [0.2, 0.25) is 0 Å². The minimum atomic E-state index is -0.456. The second-order valence-electron chi connectivity index (χ2n) is 5.38. The summed E-state index contributed by atoms with van der Waals surface area (Å²) >= 11 is 0. The number of amides is 1. The molecule has 0 spiro atoms. The third-order valence-corrected chi connectivity index (χ3v) is 3.66. The third kappa shape index (κ3) is 3.17. The van der Waals surface area contributed by atoms with Crippen LogP contribution in [0.4, 0.5) is 4.39 Å². The Bertz CT molecular complexity index is 952. The lowest BCUT2D eigenvalue weighted by atomic mass is 10.1. The predicted molar refractivity (Wildman–Crippen MR) is 89.9 cm³/mol. The van der Waals surface area contributed by atoms with Crippen LogP contribution in [0.25, 0.3) is 10.9 Å². The van der Waals surface area contributed by atoms with Gasteiger partial charge in [-0.25, -0.2) is 14.1 Å². The molecule has 0 bridgehead atoms. The summed E-state index contributed by atoms with van der Waals surface area (Å²) in [7, 11) is 0. The van der Waals surface area contributed by atoms with Crippen molar-refractivity contribution in [1.82, 2.24) is 9.66 Å². The summed E-state index contributed by atoms with van der Waals surface area (Å²) in [6.45, 7) is 1.81. The molecule has 1 aromatic heterocycles. The molecular weight excluding hydrogens is 309 g/mol. The van der Waals surface area contributed by atoms with E-state index in [9.17, 15) is 14.0 Å². The highest BCUT2D eigenvalue weighted by Gasteiger charge is 2.13. The Morgan fingerprint density at radius 3 is 2.67 bits per heavy atom. The molecular formula is C18H16FN3O2. The summed E-state index contributed by atoms with van der Waals surface area (Å²) in [5.41, 5.74) is 3.30. The second kappa shape index (κ2) is 6.62. The van der Waals surface area contributed by atoms with Gasteiger partial charge >= 0.3 is 0 Å². The van der Waals surface area contributed by atoms with Crippen molar-refractivity contribution in [2.75, 3.05) is 5.43 Å². The van der Waals surface area contributed by atoms with Crippen LogP contribution >= 0.6 is 0 Å². The zero-order valence-corrected chi connectivity index (χ0v) is 13.1. The lowest BCUT2D eigenvalue weighted by Crippen LogP contribution is -2.37. The van der Waals surface area contributed by atoms with Gasteiger partial charge in [0.05, 0.1) is 17.3 Å². The molecule has 122 valence electrons. The first-order valence-electron chi connectivity index (χ1n) is 7.63. The molecule has 1 amide bonds. The average Bonchev–Trinajstić information content (AvgIpc) is 2.58. The van der Waals surface area contributed by atoms with Gasteiger partial charge in [0.1, 0.15) is 11.6 Å². The molecule has 0 radical (unpaired) electrons. The number of aromatic nitrogens is 2. The van der Waals surface area contributed by atoms with Crippen molar-refractivity contribution in [3.8, 4) is 0 Å². The Morgan fingerprint density at radius 2 is 1.96 bits per heavy atom. The van der Waals surface area contributed by atoms with Gasteiger partial charge in [0.25, 0.3) is 5.56 Å². The number of nitrogens with one attached hydrogen (secondary N) is 1. The summed E-state index contributed by atoms with van der Waals surface area (Å²) in [5, 5.41) is 0.258. The molecule has 0 aliphatic rings. The topological polar surface area (TPSA) is 64.0 Å². The van der Waals surface area contributed by atoms with Crippen LogP contribution in [0, 0.1) is 5.82 Å². The number of hydrogen-bond donors (Lipinski definition) is 1. The number of aryl methyl sites for hydroxylation is 1. The number of hydrogen-bond acceptors (Lipinski definition) is 3. The van der Waals surface area contributed by atoms with E-state index in [0.29, 0.717) is 12.2 Å². The van der Waals surface area contributed by atoms with Crippen LogP contribution in [-0.4, -0.2) is 15.6 Å². The van der Waals surface area contributed by atoms with Crippen molar-refractivity contribution in [3.63, 3.8) is 0 Å². The smallest absolute Gasteiger partial charge is 0.273 e. The fourth-order valence-electron chi connectivity index (χ4n) is 2.50. The van der Waals surface area contributed by atoms with E-state index in [1.54, 1.807) is 0 Å². The number of rotatable bonds is 4. The lowest BCUT2D eigenvalue weighted by molar-refractivity contribution is -0.116. The molecule has 3 aromatic rings. The molecule has 0 atom stereocenters. The summed E-state index contributed by atoms with van der Waals surface area (Å²) < 4.78 is 14.5. The molecule has 0 saturated heterocycles. The predicted octanol–water partition coefficient (Wildman–Crippen LogP) is 2.41. The van der Waals surface area contributed by atoms with Gasteiger partial charge in [-0.05, 0) is 17.7 Å². The van der Waals surface area contributed by atoms with Crippen LogP contribution in [-0.2, 0) is 17.6 Å². The zero-order valence-electron chi connectivity index (χ0n) is 13.1. The zero-order chi connectivity index (χ0) is 17.1. The van der Waals surface area contributed by atoms with E-state index in [4.69, 9.17) is 0 Å². The van der Waals surface area contributed by atoms with Crippen molar-refractivity contribution in [2.45, 2.75) is 19.8 Å². The monoisotopic (exact) mass is 325 g/mol. The Kier molecular flexibility index (Phi) is 4.37. The minimum Gasteiger partial charge on any atom is -0.273 e. The Labute approximate surface area is 137 Å². The number of benzene rings is 2. The normalized spacial score (nSPS) is 10.8. The molecule has 3 rings (SSSR count). The largest absolute Gasteiger partial charge is 0.280 e. The van der Waals surface area contributed by atoms with Gasteiger partial charge < -0.3 is 0 Å². The van der Waals surface area contributed by atoms with Gasteiger partial charge in [-0.2, -0.15) is 0 Å². The van der Waals surface area contributed by atoms with E-state index in [-0.39, 0.29) is 23.2 Å². The molecule has 6 heteroatoms. The standard InChI is InChI=1S/C18H16FN3O2/c1-2-16-20-15-11-13(19)8-9-14(15)18(24)22(16)21-17(23)10-12-6-4-3-5-7-12/h3-9,11H,2,10H2,1H3,(H,21,23). The summed E-state index contributed by atoms with van der Waals surface area (Å²) in [6, 6.07) is 13.0. The van der Waals surface area contributed by atoms with Gasteiger partial charge in [0, 0.05) is 12.5 Å². The highest BCUT2D eigenvalue weighted by molar-refractivity contribution is 5.86. The van der Waals surface area contributed by atoms with Crippen LogP contribution < -0.4 is 11.0 Å². The van der Waals surface area contributed by atoms with E-state index >= 15 is 0 Å². The molecule has 0 unspecified atom stereocenters. The minimum absolute atomic E-state index is 0.151. The van der Waals surface area contributed by atoms with E-state index in [2.05, 4.69) is 10.4 Å². The maximum absolute atomic E-state index is 13.3. The molecule has 1 N–H and O–H groups in total. The van der Waals surface area contributed by atoms with Gasteiger partial charge in [0.15, 0.2) is 0 Å². The van der Waals surface area contributed by atoms with E-state index in [1.165, 1.54) is 18.2 Å². The number of carbonyl (C=O) groups is 1. The van der Waals surface area contributed by atoms with E-state index in [0.717, 1.165) is 10.2 Å². The first-order valence-corrected chi connectivity index (χ1v) is 7.63. The van der Waals surface area contributed by atoms with Crippen molar-refractivity contribution in [3.05, 3.63) is 76.1 Å². The van der Waals surface area contributed by atoms with Gasteiger partial charge in [0.2, 0.25) is 5.91 Å². The molecule has 5 nitrogen and oxygen atoms in total. The van der Waals surface area contributed by atoms with E-state index < -0.39 is 11.4 Å². The molecule has 0 saturated carbocycles. The van der Waals surface area contributed by atoms with Gasteiger partial charge in [-0.15, -0.1) is 0 Å². The van der Waals surface area contributed by atoms with Crippen molar-refractivity contribution in [1.29, 1.82) is 0 Å². The van der Waals surface area contributed by atoms with Crippen LogP contribution in [0.3, 0.4) is 0 Å².